The third-order valence-electron chi connectivity index (χ3n) is 3.52. The van der Waals surface area contributed by atoms with Crippen molar-refractivity contribution >= 4 is 22.7 Å². The SMILES string of the molecule is CCNCc1nc(CN(Cc2ccsc2)C2CC2)cs1. The summed E-state index contributed by atoms with van der Waals surface area (Å²) in [6.45, 7) is 6.08. The molecule has 0 aliphatic heterocycles. The van der Waals surface area contributed by atoms with Gasteiger partial charge < -0.3 is 5.32 Å². The summed E-state index contributed by atoms with van der Waals surface area (Å²) in [6.07, 6.45) is 2.69. The van der Waals surface area contributed by atoms with Gasteiger partial charge in [0.1, 0.15) is 5.01 Å². The molecule has 2 heterocycles. The van der Waals surface area contributed by atoms with Crippen molar-refractivity contribution in [3.63, 3.8) is 0 Å². The summed E-state index contributed by atoms with van der Waals surface area (Å²) in [5, 5.41) is 11.2. The van der Waals surface area contributed by atoms with Crippen LogP contribution in [0.3, 0.4) is 0 Å². The fraction of sp³-hybridized carbons (Fsp3) is 0.533. The first-order valence-electron chi connectivity index (χ1n) is 7.24. The number of nitrogens with zero attached hydrogens (tertiary/aromatic N) is 2. The van der Waals surface area contributed by atoms with Crippen molar-refractivity contribution in [1.29, 1.82) is 0 Å². The molecule has 1 saturated carbocycles. The summed E-state index contributed by atoms with van der Waals surface area (Å²) >= 11 is 3.56. The topological polar surface area (TPSA) is 28.2 Å². The summed E-state index contributed by atoms with van der Waals surface area (Å²) < 4.78 is 0. The summed E-state index contributed by atoms with van der Waals surface area (Å²) in [5.74, 6) is 0. The Morgan fingerprint density at radius 2 is 2.25 bits per heavy atom. The predicted octanol–water partition coefficient (Wildman–Crippen LogP) is 3.48. The van der Waals surface area contributed by atoms with Crippen LogP contribution in [-0.4, -0.2) is 22.5 Å². The summed E-state index contributed by atoms with van der Waals surface area (Å²) in [4.78, 5) is 7.32. The van der Waals surface area contributed by atoms with Crippen LogP contribution in [-0.2, 0) is 19.6 Å². The molecule has 3 nitrogen and oxygen atoms in total. The molecular formula is C15H21N3S2. The minimum atomic E-state index is 0.772. The smallest absolute Gasteiger partial charge is 0.107 e. The van der Waals surface area contributed by atoms with E-state index in [0.717, 1.165) is 32.2 Å². The van der Waals surface area contributed by atoms with Crippen molar-refractivity contribution < 1.29 is 0 Å². The Balaban J connectivity index is 1.59. The third kappa shape index (κ3) is 3.88. The van der Waals surface area contributed by atoms with E-state index >= 15 is 0 Å². The van der Waals surface area contributed by atoms with Crippen LogP contribution in [0.25, 0.3) is 0 Å². The zero-order valence-corrected chi connectivity index (χ0v) is 13.5. The highest BCUT2D eigenvalue weighted by Gasteiger charge is 2.29. The van der Waals surface area contributed by atoms with Crippen LogP contribution in [0.1, 0.15) is 36.0 Å². The number of nitrogens with one attached hydrogen (secondary N) is 1. The average molecular weight is 307 g/mol. The van der Waals surface area contributed by atoms with Crippen molar-refractivity contribution in [2.24, 2.45) is 0 Å². The predicted molar refractivity (Wildman–Crippen MR) is 86.1 cm³/mol. The van der Waals surface area contributed by atoms with Gasteiger partial charge in [-0.25, -0.2) is 4.98 Å². The lowest BCUT2D eigenvalue weighted by Crippen LogP contribution is -2.25. The first-order chi connectivity index (χ1) is 9.85. The first kappa shape index (κ1) is 14.2. The van der Waals surface area contributed by atoms with Gasteiger partial charge in [0, 0.05) is 31.1 Å². The molecule has 0 atom stereocenters. The molecule has 20 heavy (non-hydrogen) atoms. The number of rotatable bonds is 8. The Labute approximate surface area is 128 Å². The lowest BCUT2D eigenvalue weighted by Gasteiger charge is -2.20. The molecular weight excluding hydrogens is 286 g/mol. The molecule has 0 spiro atoms. The van der Waals surface area contributed by atoms with Crippen LogP contribution in [0.15, 0.2) is 22.2 Å². The molecule has 0 unspecified atom stereocenters. The monoisotopic (exact) mass is 307 g/mol. The minimum Gasteiger partial charge on any atom is -0.311 e. The van der Waals surface area contributed by atoms with Crippen molar-refractivity contribution in [1.82, 2.24) is 15.2 Å². The Morgan fingerprint density at radius 3 is 2.95 bits per heavy atom. The molecule has 1 N–H and O–H groups in total. The van der Waals surface area contributed by atoms with Gasteiger partial charge in [0.05, 0.1) is 5.69 Å². The van der Waals surface area contributed by atoms with E-state index in [-0.39, 0.29) is 0 Å². The molecule has 1 aliphatic carbocycles. The molecule has 0 saturated heterocycles. The van der Waals surface area contributed by atoms with E-state index in [0.29, 0.717) is 0 Å². The lowest BCUT2D eigenvalue weighted by molar-refractivity contribution is 0.243. The Hall–Kier alpha value is -0.750. The van der Waals surface area contributed by atoms with Crippen LogP contribution in [0.2, 0.25) is 0 Å². The second-order valence-corrected chi connectivity index (χ2v) is 7.00. The summed E-state index contributed by atoms with van der Waals surface area (Å²) in [7, 11) is 0. The van der Waals surface area contributed by atoms with Crippen LogP contribution >= 0.6 is 22.7 Å². The Bertz CT molecular complexity index is 517. The fourth-order valence-corrected chi connectivity index (χ4v) is 3.73. The van der Waals surface area contributed by atoms with Gasteiger partial charge in [-0.05, 0) is 41.8 Å². The van der Waals surface area contributed by atoms with E-state index in [1.54, 1.807) is 22.7 Å². The Kier molecular flexibility index (Phi) is 4.83. The first-order valence-corrected chi connectivity index (χ1v) is 9.06. The molecule has 0 radical (unpaired) electrons. The van der Waals surface area contributed by atoms with Crippen molar-refractivity contribution in [3.05, 3.63) is 38.5 Å². The quantitative estimate of drug-likeness (QED) is 0.809. The molecule has 108 valence electrons. The van der Waals surface area contributed by atoms with E-state index in [9.17, 15) is 0 Å². The van der Waals surface area contributed by atoms with E-state index < -0.39 is 0 Å². The summed E-state index contributed by atoms with van der Waals surface area (Å²) in [6, 6.07) is 3.01. The lowest BCUT2D eigenvalue weighted by atomic mass is 10.3. The van der Waals surface area contributed by atoms with Gasteiger partial charge in [-0.2, -0.15) is 11.3 Å². The Morgan fingerprint density at radius 1 is 1.35 bits per heavy atom. The normalized spacial score (nSPS) is 15.1. The van der Waals surface area contributed by atoms with Gasteiger partial charge in [-0.1, -0.05) is 6.92 Å². The van der Waals surface area contributed by atoms with E-state index in [1.807, 2.05) is 0 Å². The van der Waals surface area contributed by atoms with Gasteiger partial charge in [-0.15, -0.1) is 11.3 Å². The second kappa shape index (κ2) is 6.80. The van der Waals surface area contributed by atoms with E-state index in [1.165, 1.54) is 29.1 Å². The molecule has 1 fully saturated rings. The van der Waals surface area contributed by atoms with Gasteiger partial charge in [0.15, 0.2) is 0 Å². The van der Waals surface area contributed by atoms with Gasteiger partial charge >= 0.3 is 0 Å². The number of hydrogen-bond acceptors (Lipinski definition) is 5. The van der Waals surface area contributed by atoms with Crippen molar-refractivity contribution in [3.8, 4) is 0 Å². The fourth-order valence-electron chi connectivity index (χ4n) is 2.31. The third-order valence-corrected chi connectivity index (χ3v) is 5.15. The highest BCUT2D eigenvalue weighted by molar-refractivity contribution is 7.09. The van der Waals surface area contributed by atoms with Gasteiger partial charge in [-0.3, -0.25) is 4.90 Å². The molecule has 2 aromatic heterocycles. The van der Waals surface area contributed by atoms with Gasteiger partial charge in [0.25, 0.3) is 0 Å². The highest BCUT2D eigenvalue weighted by Crippen LogP contribution is 2.30. The number of thiazole rings is 1. The summed E-state index contributed by atoms with van der Waals surface area (Å²) in [5.41, 5.74) is 2.66. The van der Waals surface area contributed by atoms with E-state index in [4.69, 9.17) is 4.98 Å². The number of thiophene rings is 1. The maximum atomic E-state index is 4.74. The largest absolute Gasteiger partial charge is 0.311 e. The second-order valence-electron chi connectivity index (χ2n) is 5.28. The average Bonchev–Trinajstić information content (AvgIpc) is 3.00. The van der Waals surface area contributed by atoms with Crippen LogP contribution < -0.4 is 5.32 Å². The minimum absolute atomic E-state index is 0.772. The van der Waals surface area contributed by atoms with Crippen molar-refractivity contribution in [2.75, 3.05) is 6.54 Å². The zero-order valence-electron chi connectivity index (χ0n) is 11.8. The number of aromatic nitrogens is 1. The molecule has 0 amide bonds. The van der Waals surface area contributed by atoms with Crippen LogP contribution in [0.5, 0.6) is 0 Å². The molecule has 2 aromatic rings. The van der Waals surface area contributed by atoms with Crippen LogP contribution in [0.4, 0.5) is 0 Å². The van der Waals surface area contributed by atoms with Crippen molar-refractivity contribution in [2.45, 2.75) is 45.4 Å². The molecule has 5 heteroatoms. The van der Waals surface area contributed by atoms with Crippen LogP contribution in [0, 0.1) is 0 Å². The maximum Gasteiger partial charge on any atom is 0.107 e. The zero-order chi connectivity index (χ0) is 13.8. The molecule has 0 aromatic carbocycles. The maximum absolute atomic E-state index is 4.74. The highest BCUT2D eigenvalue weighted by atomic mass is 32.1. The van der Waals surface area contributed by atoms with Gasteiger partial charge in [0.2, 0.25) is 0 Å². The molecule has 0 bridgehead atoms. The standard InChI is InChI=1S/C15H21N3S2/c1-2-16-7-15-17-13(11-20-15)9-18(14-3-4-14)8-12-5-6-19-10-12/h5-6,10-11,14,16H,2-4,7-9H2,1H3. The molecule has 3 rings (SSSR count). The van der Waals surface area contributed by atoms with E-state index in [2.05, 4.69) is 39.3 Å². The molecule has 1 aliphatic rings. The number of hydrogen-bond donors (Lipinski definition) is 1.